The van der Waals surface area contributed by atoms with Crippen LogP contribution in [0.1, 0.15) is 13.3 Å². The van der Waals surface area contributed by atoms with Crippen LogP contribution in [0.4, 0.5) is 5.69 Å². The summed E-state index contributed by atoms with van der Waals surface area (Å²) in [7, 11) is 0. The quantitative estimate of drug-likeness (QED) is 0.634. The van der Waals surface area contributed by atoms with E-state index in [1.807, 2.05) is 24.3 Å². The second-order valence-corrected chi connectivity index (χ2v) is 6.78. The van der Waals surface area contributed by atoms with E-state index in [0.29, 0.717) is 40.9 Å². The summed E-state index contributed by atoms with van der Waals surface area (Å²) in [5.74, 6) is -0.426. The SMILES string of the molecule is CCOC(=O)[C@H]1CC(=O)N(c2cccc(-c3nc4cc(Cl)ccc4o3)c2)C1. The van der Waals surface area contributed by atoms with E-state index >= 15 is 0 Å². The van der Waals surface area contributed by atoms with E-state index in [9.17, 15) is 9.59 Å². The standard InChI is InChI=1S/C20H17ClN2O4/c1-2-26-20(25)13-9-18(24)23(11-13)15-5-3-4-12(8-15)19-22-16-10-14(21)6-7-17(16)27-19/h3-8,10,13H,2,9,11H2,1H3/t13-/m0/s1. The van der Waals surface area contributed by atoms with Gasteiger partial charge in [-0.1, -0.05) is 17.7 Å². The van der Waals surface area contributed by atoms with Crippen LogP contribution in [-0.4, -0.2) is 30.0 Å². The van der Waals surface area contributed by atoms with Crippen molar-refractivity contribution in [2.45, 2.75) is 13.3 Å². The Labute approximate surface area is 160 Å². The molecule has 7 heteroatoms. The predicted molar refractivity (Wildman–Crippen MR) is 102 cm³/mol. The Morgan fingerprint density at radius 1 is 1.33 bits per heavy atom. The summed E-state index contributed by atoms with van der Waals surface area (Å²) in [6.45, 7) is 2.37. The van der Waals surface area contributed by atoms with E-state index in [0.717, 1.165) is 5.56 Å². The molecule has 4 rings (SSSR count). The molecule has 1 saturated heterocycles. The van der Waals surface area contributed by atoms with Crippen LogP contribution in [0.25, 0.3) is 22.6 Å². The number of aromatic nitrogens is 1. The van der Waals surface area contributed by atoms with Crippen molar-refractivity contribution in [2.24, 2.45) is 5.92 Å². The molecule has 1 aliphatic rings. The first-order valence-corrected chi connectivity index (χ1v) is 9.06. The van der Waals surface area contributed by atoms with E-state index in [4.69, 9.17) is 20.8 Å². The first-order chi connectivity index (χ1) is 13.0. The van der Waals surface area contributed by atoms with Crippen molar-refractivity contribution in [3.63, 3.8) is 0 Å². The first kappa shape index (κ1) is 17.5. The number of rotatable bonds is 4. The Hall–Kier alpha value is -2.86. The molecule has 1 fully saturated rings. The van der Waals surface area contributed by atoms with E-state index < -0.39 is 5.92 Å². The molecule has 1 aliphatic heterocycles. The second kappa shape index (κ2) is 7.04. The van der Waals surface area contributed by atoms with Gasteiger partial charge in [0.25, 0.3) is 0 Å². The fourth-order valence-electron chi connectivity index (χ4n) is 3.21. The van der Waals surface area contributed by atoms with E-state index in [1.165, 1.54) is 0 Å². The van der Waals surface area contributed by atoms with Gasteiger partial charge >= 0.3 is 5.97 Å². The minimum Gasteiger partial charge on any atom is -0.466 e. The third kappa shape index (κ3) is 3.40. The minimum absolute atomic E-state index is 0.102. The molecule has 1 atom stereocenters. The van der Waals surface area contributed by atoms with Crippen LogP contribution in [0, 0.1) is 5.92 Å². The molecule has 0 saturated carbocycles. The van der Waals surface area contributed by atoms with Crippen molar-refractivity contribution < 1.29 is 18.7 Å². The first-order valence-electron chi connectivity index (χ1n) is 8.68. The number of amides is 1. The molecule has 2 heterocycles. The molecule has 0 aliphatic carbocycles. The van der Waals surface area contributed by atoms with Crippen molar-refractivity contribution in [1.82, 2.24) is 4.98 Å². The Kier molecular flexibility index (Phi) is 4.58. The summed E-state index contributed by atoms with van der Waals surface area (Å²) in [5.41, 5.74) is 2.75. The zero-order valence-corrected chi connectivity index (χ0v) is 15.4. The Morgan fingerprint density at radius 3 is 3.00 bits per heavy atom. The summed E-state index contributed by atoms with van der Waals surface area (Å²) >= 11 is 6.00. The number of carbonyl (C=O) groups is 2. The van der Waals surface area contributed by atoms with Crippen LogP contribution < -0.4 is 4.90 Å². The maximum Gasteiger partial charge on any atom is 0.311 e. The molecule has 1 aromatic heterocycles. The van der Waals surface area contributed by atoms with Crippen molar-refractivity contribution in [2.75, 3.05) is 18.1 Å². The number of esters is 1. The van der Waals surface area contributed by atoms with Gasteiger partial charge in [0.1, 0.15) is 5.52 Å². The number of carbonyl (C=O) groups excluding carboxylic acids is 2. The number of fused-ring (bicyclic) bond motifs is 1. The molecule has 0 radical (unpaired) electrons. The molecule has 2 aromatic carbocycles. The lowest BCUT2D eigenvalue weighted by Crippen LogP contribution is -2.26. The number of benzene rings is 2. The average Bonchev–Trinajstić information content (AvgIpc) is 3.25. The molecule has 0 spiro atoms. The Balaban J connectivity index is 1.62. The van der Waals surface area contributed by atoms with Crippen LogP contribution >= 0.6 is 11.6 Å². The smallest absolute Gasteiger partial charge is 0.311 e. The molecule has 0 bridgehead atoms. The van der Waals surface area contributed by atoms with Gasteiger partial charge in [-0.15, -0.1) is 0 Å². The van der Waals surface area contributed by atoms with Crippen LogP contribution in [0.3, 0.4) is 0 Å². The van der Waals surface area contributed by atoms with E-state index in [1.54, 1.807) is 30.0 Å². The lowest BCUT2D eigenvalue weighted by Gasteiger charge is -2.17. The van der Waals surface area contributed by atoms with Crippen LogP contribution in [0.15, 0.2) is 46.9 Å². The minimum atomic E-state index is -0.437. The molecule has 27 heavy (non-hydrogen) atoms. The maximum absolute atomic E-state index is 12.4. The lowest BCUT2D eigenvalue weighted by atomic mass is 10.1. The van der Waals surface area contributed by atoms with E-state index in [2.05, 4.69) is 4.98 Å². The van der Waals surface area contributed by atoms with E-state index in [-0.39, 0.29) is 18.3 Å². The molecule has 1 amide bonds. The largest absolute Gasteiger partial charge is 0.466 e. The zero-order valence-electron chi connectivity index (χ0n) is 14.6. The summed E-state index contributed by atoms with van der Waals surface area (Å²) in [5, 5.41) is 0.587. The monoisotopic (exact) mass is 384 g/mol. The molecule has 6 nitrogen and oxygen atoms in total. The summed E-state index contributed by atoms with van der Waals surface area (Å²) in [4.78, 5) is 30.4. The third-order valence-corrected chi connectivity index (χ3v) is 4.73. The van der Waals surface area contributed by atoms with Gasteiger partial charge in [0.05, 0.1) is 12.5 Å². The van der Waals surface area contributed by atoms with Gasteiger partial charge in [0, 0.05) is 29.2 Å². The number of hydrogen-bond acceptors (Lipinski definition) is 5. The van der Waals surface area contributed by atoms with Crippen molar-refractivity contribution >= 4 is 40.3 Å². The molecular formula is C20H17ClN2O4. The number of ether oxygens (including phenoxy) is 1. The zero-order chi connectivity index (χ0) is 19.0. The van der Waals surface area contributed by atoms with Gasteiger partial charge in [-0.05, 0) is 43.3 Å². The van der Waals surface area contributed by atoms with Crippen molar-refractivity contribution in [3.05, 3.63) is 47.5 Å². The maximum atomic E-state index is 12.4. The normalized spacial score (nSPS) is 16.9. The molecule has 0 unspecified atom stereocenters. The number of oxazole rings is 1. The highest BCUT2D eigenvalue weighted by molar-refractivity contribution is 6.31. The lowest BCUT2D eigenvalue weighted by molar-refractivity contribution is -0.147. The summed E-state index contributed by atoms with van der Waals surface area (Å²) < 4.78 is 10.8. The highest BCUT2D eigenvalue weighted by Crippen LogP contribution is 2.31. The Morgan fingerprint density at radius 2 is 2.19 bits per heavy atom. The number of anilines is 1. The van der Waals surface area contributed by atoms with Crippen molar-refractivity contribution in [3.8, 4) is 11.5 Å². The summed E-state index contributed by atoms with van der Waals surface area (Å²) in [6, 6.07) is 12.6. The number of halogens is 1. The third-order valence-electron chi connectivity index (χ3n) is 4.50. The average molecular weight is 385 g/mol. The van der Waals surface area contributed by atoms with Gasteiger partial charge in [-0.25, -0.2) is 4.98 Å². The fourth-order valence-corrected chi connectivity index (χ4v) is 3.37. The molecule has 0 N–H and O–H groups in total. The topological polar surface area (TPSA) is 72.6 Å². The van der Waals surface area contributed by atoms with Gasteiger partial charge in [-0.3, -0.25) is 9.59 Å². The van der Waals surface area contributed by atoms with Crippen LogP contribution in [-0.2, 0) is 14.3 Å². The molecule has 3 aromatic rings. The fraction of sp³-hybridized carbons (Fsp3) is 0.250. The van der Waals surface area contributed by atoms with Gasteiger partial charge in [0.15, 0.2) is 5.58 Å². The van der Waals surface area contributed by atoms with Gasteiger partial charge < -0.3 is 14.1 Å². The molecule has 138 valence electrons. The highest BCUT2D eigenvalue weighted by Gasteiger charge is 2.36. The van der Waals surface area contributed by atoms with Crippen molar-refractivity contribution in [1.29, 1.82) is 0 Å². The number of hydrogen-bond donors (Lipinski definition) is 0. The predicted octanol–water partition coefficient (Wildman–Crippen LogP) is 4.06. The molecular weight excluding hydrogens is 368 g/mol. The Bertz CT molecular complexity index is 1030. The summed E-state index contributed by atoms with van der Waals surface area (Å²) in [6.07, 6.45) is 0.157. The number of nitrogens with zero attached hydrogens (tertiary/aromatic N) is 2. The van der Waals surface area contributed by atoms with Gasteiger partial charge in [-0.2, -0.15) is 0 Å². The highest BCUT2D eigenvalue weighted by atomic mass is 35.5. The van der Waals surface area contributed by atoms with Gasteiger partial charge in [0.2, 0.25) is 11.8 Å². The second-order valence-electron chi connectivity index (χ2n) is 6.34. The van der Waals surface area contributed by atoms with Crippen LogP contribution in [0.2, 0.25) is 5.02 Å². The van der Waals surface area contributed by atoms with Crippen LogP contribution in [0.5, 0.6) is 0 Å².